The van der Waals surface area contributed by atoms with Gasteiger partial charge in [-0.3, -0.25) is 0 Å². The molecule has 0 radical (unpaired) electrons. The van der Waals surface area contributed by atoms with Crippen molar-refractivity contribution in [1.29, 1.82) is 0 Å². The first kappa shape index (κ1) is 16.0. The van der Waals surface area contributed by atoms with Crippen LogP contribution in [0.25, 0.3) is 0 Å². The van der Waals surface area contributed by atoms with Gasteiger partial charge >= 0.3 is 0 Å². The summed E-state index contributed by atoms with van der Waals surface area (Å²) >= 11 is 1.53. The lowest BCUT2D eigenvalue weighted by Crippen LogP contribution is -2.25. The zero-order chi connectivity index (χ0) is 16.1. The Balaban J connectivity index is 1.64. The second-order valence-corrected chi connectivity index (χ2v) is 6.79. The summed E-state index contributed by atoms with van der Waals surface area (Å²) in [5.41, 5.74) is 0. The maximum atomic E-state index is 12.2. The van der Waals surface area contributed by atoms with Gasteiger partial charge in [0, 0.05) is 17.7 Å². The average molecular weight is 331 g/mol. The molecule has 1 heterocycles. The van der Waals surface area contributed by atoms with E-state index in [2.05, 4.69) is 0 Å². The highest BCUT2D eigenvalue weighted by Crippen LogP contribution is 2.30. The first-order valence-electron chi connectivity index (χ1n) is 7.97. The van der Waals surface area contributed by atoms with Gasteiger partial charge in [0.1, 0.15) is 5.75 Å². The number of ether oxygens (including phenoxy) is 1. The predicted molar refractivity (Wildman–Crippen MR) is 91.5 cm³/mol. The van der Waals surface area contributed by atoms with Gasteiger partial charge in [-0.25, -0.2) is 4.74 Å². The molecule has 1 fully saturated rings. The first-order valence-corrected chi connectivity index (χ1v) is 8.78. The van der Waals surface area contributed by atoms with E-state index >= 15 is 0 Å². The number of rotatable bonds is 5. The minimum Gasteiger partial charge on any atom is -0.624 e. The third-order valence-electron chi connectivity index (χ3n) is 4.07. The van der Waals surface area contributed by atoms with Crippen molar-refractivity contribution in [3.63, 3.8) is 0 Å². The fourth-order valence-electron chi connectivity index (χ4n) is 2.78. The number of hydrogen-bond acceptors (Lipinski definition) is 4. The van der Waals surface area contributed by atoms with E-state index in [1.165, 1.54) is 18.2 Å². The van der Waals surface area contributed by atoms with Gasteiger partial charge in [-0.1, -0.05) is 18.2 Å². The Morgan fingerprint density at radius 3 is 2.57 bits per heavy atom. The molecule has 4 nitrogen and oxygen atoms in total. The molecule has 23 heavy (non-hydrogen) atoms. The lowest BCUT2D eigenvalue weighted by Gasteiger charge is -2.20. The summed E-state index contributed by atoms with van der Waals surface area (Å²) in [7, 11) is 1.65. The zero-order valence-corrected chi connectivity index (χ0v) is 14.1. The molecule has 2 aromatic rings. The van der Waals surface area contributed by atoms with Crippen LogP contribution in [0, 0.1) is 5.21 Å². The van der Waals surface area contributed by atoms with Crippen molar-refractivity contribution in [2.24, 2.45) is 0 Å². The number of furan rings is 1. The molecule has 1 aliphatic carbocycles. The van der Waals surface area contributed by atoms with Crippen LogP contribution in [-0.2, 0) is 0 Å². The van der Waals surface area contributed by atoms with E-state index in [-0.39, 0.29) is 6.04 Å². The number of hydroxylamine groups is 1. The van der Waals surface area contributed by atoms with Crippen molar-refractivity contribution in [3.05, 3.63) is 47.4 Å². The number of hydrogen-bond donors (Lipinski definition) is 0. The van der Waals surface area contributed by atoms with E-state index in [1.807, 2.05) is 36.4 Å². The smallest absolute Gasteiger partial charge is 0.217 e. The van der Waals surface area contributed by atoms with Crippen LogP contribution < -0.4 is 4.74 Å². The lowest BCUT2D eigenvalue weighted by molar-refractivity contribution is -0.501. The van der Waals surface area contributed by atoms with E-state index < -0.39 is 0 Å². The molecule has 1 aromatic carbocycles. The number of benzene rings is 1. The molecule has 0 unspecified atom stereocenters. The third kappa shape index (κ3) is 4.32. The monoisotopic (exact) mass is 331 g/mol. The first-order chi connectivity index (χ1) is 11.2. The minimum absolute atomic E-state index is 0.103. The Bertz CT molecular complexity index is 657. The topological polar surface area (TPSA) is 48.4 Å². The summed E-state index contributed by atoms with van der Waals surface area (Å²) in [5.74, 6) is 1.44. The second-order valence-electron chi connectivity index (χ2n) is 5.72. The normalized spacial score (nSPS) is 16.5. The van der Waals surface area contributed by atoms with Crippen LogP contribution in [0.15, 0.2) is 50.8 Å². The van der Waals surface area contributed by atoms with Crippen molar-refractivity contribution < 1.29 is 13.9 Å². The second kappa shape index (κ2) is 7.59. The summed E-state index contributed by atoms with van der Waals surface area (Å²) in [4.78, 5) is 1.07. The van der Waals surface area contributed by atoms with Crippen LogP contribution in [0.1, 0.15) is 37.9 Å². The van der Waals surface area contributed by atoms with Crippen LogP contribution in [0.3, 0.4) is 0 Å². The van der Waals surface area contributed by atoms with Gasteiger partial charge < -0.3 is 14.4 Å². The molecule has 5 heteroatoms. The molecule has 0 N–H and O–H groups in total. The molecule has 1 saturated carbocycles. The summed E-state index contributed by atoms with van der Waals surface area (Å²) in [6.45, 7) is 0. The zero-order valence-electron chi connectivity index (χ0n) is 13.2. The summed E-state index contributed by atoms with van der Waals surface area (Å²) in [6, 6.07) is 11.7. The van der Waals surface area contributed by atoms with E-state index in [9.17, 15) is 5.21 Å². The highest BCUT2D eigenvalue weighted by molar-refractivity contribution is 7.99. The molecule has 0 spiro atoms. The highest BCUT2D eigenvalue weighted by Gasteiger charge is 2.20. The van der Waals surface area contributed by atoms with E-state index in [4.69, 9.17) is 9.15 Å². The maximum Gasteiger partial charge on any atom is 0.217 e. The van der Waals surface area contributed by atoms with Gasteiger partial charge in [-0.2, -0.15) is 0 Å². The van der Waals surface area contributed by atoms with Gasteiger partial charge in [0.05, 0.1) is 7.11 Å². The van der Waals surface area contributed by atoms with Gasteiger partial charge in [-0.05, 0) is 49.2 Å². The van der Waals surface area contributed by atoms with Crippen LogP contribution in [-0.4, -0.2) is 24.1 Å². The number of methoxy groups -OCH3 is 1. The van der Waals surface area contributed by atoms with Crippen molar-refractivity contribution in [2.75, 3.05) is 7.11 Å². The molecule has 0 saturated heterocycles. The Morgan fingerprint density at radius 2 is 1.87 bits per heavy atom. The maximum absolute atomic E-state index is 12.2. The Labute approximate surface area is 140 Å². The fourth-order valence-corrected chi connectivity index (χ4v) is 3.56. The molecular weight excluding hydrogens is 310 g/mol. The van der Waals surface area contributed by atoms with Gasteiger partial charge in [0.2, 0.25) is 6.21 Å². The van der Waals surface area contributed by atoms with E-state index in [0.29, 0.717) is 5.76 Å². The Hall–Kier alpha value is -1.88. The third-order valence-corrected chi connectivity index (χ3v) is 5.00. The quantitative estimate of drug-likeness (QED) is 0.345. The Kier molecular flexibility index (Phi) is 5.28. The number of nitrogens with zero attached hydrogens (tertiary/aromatic N) is 1. The van der Waals surface area contributed by atoms with Crippen LogP contribution in [0.5, 0.6) is 5.75 Å². The van der Waals surface area contributed by atoms with Crippen molar-refractivity contribution in [2.45, 2.75) is 48.1 Å². The molecule has 0 atom stereocenters. The van der Waals surface area contributed by atoms with Crippen molar-refractivity contribution in [1.82, 2.24) is 0 Å². The van der Waals surface area contributed by atoms with E-state index in [0.717, 1.165) is 46.2 Å². The fraction of sp³-hybridized carbons (Fsp3) is 0.389. The molecule has 0 bridgehead atoms. The predicted octanol–water partition coefficient (Wildman–Crippen LogP) is 4.70. The summed E-state index contributed by atoms with van der Waals surface area (Å²) < 4.78 is 12.0. The van der Waals surface area contributed by atoms with Crippen LogP contribution in [0.4, 0.5) is 0 Å². The highest BCUT2D eigenvalue weighted by atomic mass is 32.2. The summed E-state index contributed by atoms with van der Waals surface area (Å²) in [6.07, 6.45) is 7.08. The van der Waals surface area contributed by atoms with Crippen molar-refractivity contribution in [3.8, 4) is 5.75 Å². The largest absolute Gasteiger partial charge is 0.624 e. The molecule has 122 valence electrons. The lowest BCUT2D eigenvalue weighted by atomic mass is 9.96. The van der Waals surface area contributed by atoms with Gasteiger partial charge in [0.25, 0.3) is 0 Å². The minimum atomic E-state index is 0.103. The van der Waals surface area contributed by atoms with Gasteiger partial charge in [0.15, 0.2) is 16.9 Å². The van der Waals surface area contributed by atoms with E-state index in [1.54, 1.807) is 13.3 Å². The van der Waals surface area contributed by atoms with Crippen molar-refractivity contribution >= 4 is 18.0 Å². The molecular formula is C18H21NO3S. The molecule has 0 amide bonds. The summed E-state index contributed by atoms with van der Waals surface area (Å²) in [5, 5.41) is 13.0. The Morgan fingerprint density at radius 1 is 1.13 bits per heavy atom. The molecule has 3 rings (SSSR count). The molecule has 1 aliphatic rings. The molecule has 1 aromatic heterocycles. The standard InChI is InChI=1S/C18H21NO3S/c1-21-15-7-10-17(11-8-15)23-18-12-9-16(22-18)13-19(20)14-5-3-2-4-6-14/h7-14H,2-6H2,1H3/b19-13-. The van der Waals surface area contributed by atoms with Crippen LogP contribution >= 0.6 is 11.8 Å². The SMILES string of the molecule is COc1ccc(Sc2ccc(/C=[N+](\[O-])C3CCCCC3)o2)cc1. The average Bonchev–Trinajstić information content (AvgIpc) is 3.03. The van der Waals surface area contributed by atoms with Gasteiger partial charge in [-0.15, -0.1) is 0 Å². The van der Waals surface area contributed by atoms with Crippen LogP contribution in [0.2, 0.25) is 0 Å². The molecule has 0 aliphatic heterocycles.